The van der Waals surface area contributed by atoms with Crippen molar-refractivity contribution in [3.63, 3.8) is 0 Å². The molecule has 0 aromatic heterocycles. The van der Waals surface area contributed by atoms with E-state index >= 15 is 0 Å². The van der Waals surface area contributed by atoms with Crippen LogP contribution in [0.1, 0.15) is 18.1 Å². The molecule has 0 fully saturated rings. The summed E-state index contributed by atoms with van der Waals surface area (Å²) in [7, 11) is 0. The van der Waals surface area contributed by atoms with Gasteiger partial charge in [0.25, 0.3) is 0 Å². The molecule has 0 atom stereocenters. The first-order chi connectivity index (χ1) is 4.86. The van der Waals surface area contributed by atoms with Gasteiger partial charge in [0.05, 0.1) is 0 Å². The fourth-order valence-electron chi connectivity index (χ4n) is 0.871. The molecule has 0 spiro atoms. The Morgan fingerprint density at radius 3 is 2.00 bits per heavy atom. The molecule has 0 saturated heterocycles. The summed E-state index contributed by atoms with van der Waals surface area (Å²) in [6.07, 6.45) is 1.04. The summed E-state index contributed by atoms with van der Waals surface area (Å²) >= 11 is 0. The molecule has 0 unspecified atom stereocenters. The highest BCUT2D eigenvalue weighted by Crippen LogP contribution is 2.04. The van der Waals surface area contributed by atoms with Crippen molar-refractivity contribution in [2.24, 2.45) is 0 Å². The summed E-state index contributed by atoms with van der Waals surface area (Å²) in [5, 5.41) is 10.3. The molecule has 0 aliphatic heterocycles. The molecule has 1 rings (SSSR count). The topological polar surface area (TPSA) is 19.9 Å². The Morgan fingerprint density at radius 1 is 1.10 bits per heavy atom. The minimum absolute atomic E-state index is 0.107. The quantitative estimate of drug-likeness (QED) is 0.592. The Labute approximate surface area is 61.3 Å². The summed E-state index contributed by atoms with van der Waals surface area (Å²) in [5.41, 5.74) is 2.16. The van der Waals surface area contributed by atoms with Crippen LogP contribution in [-0.4, -0.2) is 0 Å². The van der Waals surface area contributed by atoms with Crippen molar-refractivity contribution in [1.82, 2.24) is 0 Å². The van der Waals surface area contributed by atoms with Crippen LogP contribution in [0.2, 0.25) is 0 Å². The second kappa shape index (κ2) is 3.37. The Bertz CT molecular complexity index is 165. The molecule has 0 saturated carbocycles. The van der Waals surface area contributed by atoms with Gasteiger partial charge in [-0.15, -0.1) is 0 Å². The first-order valence-electron chi connectivity index (χ1n) is 3.52. The van der Waals surface area contributed by atoms with Crippen LogP contribution < -0.4 is 0 Å². The van der Waals surface area contributed by atoms with E-state index in [-0.39, 0.29) is 6.61 Å². The standard InChI is InChI=1S/C9H11O/c1-2-8-3-5-9(7-10)6-4-8/h3-6H,2,7H2,1H3. The van der Waals surface area contributed by atoms with Crippen molar-refractivity contribution in [2.75, 3.05) is 0 Å². The largest absolute Gasteiger partial charge is 0.232 e. The van der Waals surface area contributed by atoms with Crippen molar-refractivity contribution in [1.29, 1.82) is 0 Å². The van der Waals surface area contributed by atoms with Gasteiger partial charge in [-0.05, 0) is 17.5 Å². The number of hydrogen-bond donors (Lipinski definition) is 0. The zero-order chi connectivity index (χ0) is 7.40. The molecular formula is C9H11O. The van der Waals surface area contributed by atoms with Gasteiger partial charge in [-0.25, -0.2) is 5.11 Å². The third-order valence-electron chi connectivity index (χ3n) is 1.60. The number of aryl methyl sites for hydroxylation is 1. The molecular weight excluding hydrogens is 124 g/mol. The molecule has 1 heteroatoms. The third-order valence-corrected chi connectivity index (χ3v) is 1.60. The Kier molecular flexibility index (Phi) is 2.46. The molecule has 1 radical (unpaired) electrons. The first kappa shape index (κ1) is 7.29. The maximum Gasteiger partial charge on any atom is 0.107 e. The second-order valence-electron chi connectivity index (χ2n) is 2.31. The van der Waals surface area contributed by atoms with Crippen LogP contribution >= 0.6 is 0 Å². The van der Waals surface area contributed by atoms with Crippen molar-refractivity contribution >= 4 is 0 Å². The summed E-state index contributed by atoms with van der Waals surface area (Å²) in [5.74, 6) is 0. The van der Waals surface area contributed by atoms with Crippen LogP contribution in [-0.2, 0) is 18.1 Å². The van der Waals surface area contributed by atoms with Gasteiger partial charge >= 0.3 is 0 Å². The zero-order valence-electron chi connectivity index (χ0n) is 6.13. The molecule has 0 heterocycles. The van der Waals surface area contributed by atoms with E-state index in [9.17, 15) is 5.11 Å². The lowest BCUT2D eigenvalue weighted by atomic mass is 10.1. The average molecular weight is 135 g/mol. The Morgan fingerprint density at radius 2 is 1.60 bits per heavy atom. The molecule has 0 aliphatic carbocycles. The van der Waals surface area contributed by atoms with E-state index in [0.717, 1.165) is 12.0 Å². The van der Waals surface area contributed by atoms with Crippen molar-refractivity contribution < 1.29 is 5.11 Å². The highest BCUT2D eigenvalue weighted by Gasteiger charge is 1.89. The predicted molar refractivity (Wildman–Crippen MR) is 40.2 cm³/mol. The second-order valence-corrected chi connectivity index (χ2v) is 2.31. The van der Waals surface area contributed by atoms with Gasteiger partial charge in [0.2, 0.25) is 0 Å². The Balaban J connectivity index is 2.80. The van der Waals surface area contributed by atoms with E-state index in [1.165, 1.54) is 5.56 Å². The Hall–Kier alpha value is -0.820. The summed E-state index contributed by atoms with van der Waals surface area (Å²) in [4.78, 5) is 0. The fraction of sp³-hybridized carbons (Fsp3) is 0.333. The van der Waals surface area contributed by atoms with Crippen LogP contribution in [0.15, 0.2) is 24.3 Å². The predicted octanol–water partition coefficient (Wildman–Crippen LogP) is 2.18. The number of benzene rings is 1. The summed E-state index contributed by atoms with van der Waals surface area (Å²) < 4.78 is 0. The van der Waals surface area contributed by atoms with Gasteiger partial charge in [-0.1, -0.05) is 31.2 Å². The highest BCUT2D eigenvalue weighted by molar-refractivity contribution is 5.21. The lowest BCUT2D eigenvalue weighted by Crippen LogP contribution is -1.82. The maximum absolute atomic E-state index is 10.3. The molecule has 0 bridgehead atoms. The summed E-state index contributed by atoms with van der Waals surface area (Å²) in [6.45, 7) is 2.00. The van der Waals surface area contributed by atoms with Gasteiger partial charge in [0.15, 0.2) is 0 Å². The molecule has 53 valence electrons. The highest BCUT2D eigenvalue weighted by atomic mass is 16.3. The van der Waals surface area contributed by atoms with Gasteiger partial charge in [0.1, 0.15) is 6.61 Å². The fourth-order valence-corrected chi connectivity index (χ4v) is 0.871. The van der Waals surface area contributed by atoms with E-state index in [1.54, 1.807) is 0 Å². The third kappa shape index (κ3) is 1.58. The van der Waals surface area contributed by atoms with E-state index < -0.39 is 0 Å². The smallest absolute Gasteiger partial charge is 0.107 e. The van der Waals surface area contributed by atoms with Gasteiger partial charge in [-0.2, -0.15) is 0 Å². The van der Waals surface area contributed by atoms with Gasteiger partial charge in [-0.3, -0.25) is 0 Å². The van der Waals surface area contributed by atoms with E-state index in [1.807, 2.05) is 24.3 Å². The molecule has 10 heavy (non-hydrogen) atoms. The monoisotopic (exact) mass is 135 g/mol. The lowest BCUT2D eigenvalue weighted by molar-refractivity contribution is 0.177. The van der Waals surface area contributed by atoms with Crippen molar-refractivity contribution in [3.8, 4) is 0 Å². The van der Waals surface area contributed by atoms with E-state index in [2.05, 4.69) is 6.92 Å². The lowest BCUT2D eigenvalue weighted by Gasteiger charge is -1.96. The van der Waals surface area contributed by atoms with Crippen LogP contribution in [0.25, 0.3) is 0 Å². The molecule has 1 nitrogen and oxygen atoms in total. The van der Waals surface area contributed by atoms with Crippen LogP contribution in [0.4, 0.5) is 0 Å². The van der Waals surface area contributed by atoms with Crippen molar-refractivity contribution in [2.45, 2.75) is 20.0 Å². The maximum atomic E-state index is 10.3. The normalized spacial score (nSPS) is 9.80. The average Bonchev–Trinajstić information content (AvgIpc) is 2.05. The molecule has 1 aromatic rings. The zero-order valence-corrected chi connectivity index (χ0v) is 6.13. The van der Waals surface area contributed by atoms with Crippen LogP contribution in [0.3, 0.4) is 0 Å². The number of rotatable bonds is 2. The van der Waals surface area contributed by atoms with Crippen LogP contribution in [0.5, 0.6) is 0 Å². The van der Waals surface area contributed by atoms with E-state index in [0.29, 0.717) is 0 Å². The summed E-state index contributed by atoms with van der Waals surface area (Å²) in [6, 6.07) is 7.80. The van der Waals surface area contributed by atoms with E-state index in [4.69, 9.17) is 0 Å². The molecule has 0 N–H and O–H groups in total. The molecule has 0 amide bonds. The minimum Gasteiger partial charge on any atom is -0.232 e. The minimum atomic E-state index is -0.107. The van der Waals surface area contributed by atoms with Gasteiger partial charge < -0.3 is 0 Å². The molecule has 0 aliphatic rings. The van der Waals surface area contributed by atoms with Crippen LogP contribution in [0, 0.1) is 0 Å². The molecule has 1 aromatic carbocycles. The first-order valence-corrected chi connectivity index (χ1v) is 3.52. The van der Waals surface area contributed by atoms with Gasteiger partial charge in [0, 0.05) is 0 Å². The van der Waals surface area contributed by atoms with Crippen molar-refractivity contribution in [3.05, 3.63) is 35.4 Å². The number of hydrogen-bond acceptors (Lipinski definition) is 0. The SMILES string of the molecule is CCc1ccc(C[O])cc1.